The minimum absolute atomic E-state index is 0.102. The molecule has 0 spiro atoms. The summed E-state index contributed by atoms with van der Waals surface area (Å²) in [6.07, 6.45) is 1.01. The van der Waals surface area contributed by atoms with E-state index in [9.17, 15) is 4.79 Å². The largest absolute Gasteiger partial charge is 0.487 e. The maximum absolute atomic E-state index is 12.2. The van der Waals surface area contributed by atoms with Gasteiger partial charge in [-0.05, 0) is 45.4 Å². The summed E-state index contributed by atoms with van der Waals surface area (Å²) in [6.45, 7) is 7.60. The van der Waals surface area contributed by atoms with Gasteiger partial charge in [-0.3, -0.25) is 4.79 Å². The molecule has 0 saturated heterocycles. The van der Waals surface area contributed by atoms with Crippen LogP contribution in [0.1, 0.15) is 41.3 Å². The zero-order chi connectivity index (χ0) is 17.4. The lowest BCUT2D eigenvalue weighted by Gasteiger charge is -2.09. The summed E-state index contributed by atoms with van der Waals surface area (Å²) in [5.74, 6) is 0.561. The van der Waals surface area contributed by atoms with Crippen LogP contribution < -0.4 is 10.1 Å². The number of aryl methyl sites for hydroxylation is 1. The highest BCUT2D eigenvalue weighted by Gasteiger charge is 2.07. The molecule has 2 aromatic rings. The van der Waals surface area contributed by atoms with Crippen molar-refractivity contribution in [2.45, 2.75) is 39.9 Å². The van der Waals surface area contributed by atoms with Crippen LogP contribution in [-0.4, -0.2) is 30.1 Å². The van der Waals surface area contributed by atoms with Gasteiger partial charge in [0.1, 0.15) is 12.4 Å². The van der Waals surface area contributed by atoms with Gasteiger partial charge in [0.2, 0.25) is 0 Å². The van der Waals surface area contributed by atoms with Crippen molar-refractivity contribution < 1.29 is 14.3 Å². The zero-order valence-corrected chi connectivity index (χ0v) is 15.2. The summed E-state index contributed by atoms with van der Waals surface area (Å²) in [4.78, 5) is 16.5. The topological polar surface area (TPSA) is 60.5 Å². The SMILES string of the molecule is Cc1nc(COc2cccc(C(=O)NCCCOC(C)C)c2)cs1. The van der Waals surface area contributed by atoms with Gasteiger partial charge in [0.15, 0.2) is 0 Å². The normalized spacial score (nSPS) is 10.8. The first-order chi connectivity index (χ1) is 11.5. The van der Waals surface area contributed by atoms with E-state index in [-0.39, 0.29) is 12.0 Å². The van der Waals surface area contributed by atoms with Gasteiger partial charge in [-0.2, -0.15) is 0 Å². The van der Waals surface area contributed by atoms with E-state index in [0.29, 0.717) is 31.1 Å². The van der Waals surface area contributed by atoms with Crippen molar-refractivity contribution in [1.29, 1.82) is 0 Å². The highest BCUT2D eigenvalue weighted by Crippen LogP contribution is 2.16. The first kappa shape index (κ1) is 18.4. The Morgan fingerprint density at radius 1 is 1.38 bits per heavy atom. The number of hydrogen-bond donors (Lipinski definition) is 1. The summed E-state index contributed by atoms with van der Waals surface area (Å²) < 4.78 is 11.2. The number of rotatable bonds is 9. The van der Waals surface area contributed by atoms with Crippen LogP contribution in [0.4, 0.5) is 0 Å². The fourth-order valence-corrected chi connectivity index (χ4v) is 2.65. The number of ether oxygens (including phenoxy) is 2. The van der Waals surface area contributed by atoms with Crippen LogP contribution in [0.2, 0.25) is 0 Å². The highest BCUT2D eigenvalue weighted by molar-refractivity contribution is 7.09. The molecule has 130 valence electrons. The van der Waals surface area contributed by atoms with Crippen molar-refractivity contribution in [2.24, 2.45) is 0 Å². The third kappa shape index (κ3) is 6.29. The summed E-state index contributed by atoms with van der Waals surface area (Å²) in [5, 5.41) is 5.89. The number of thiazole rings is 1. The van der Waals surface area contributed by atoms with Gasteiger partial charge in [0, 0.05) is 24.1 Å². The van der Waals surface area contributed by atoms with Gasteiger partial charge >= 0.3 is 0 Å². The molecule has 0 atom stereocenters. The van der Waals surface area contributed by atoms with E-state index < -0.39 is 0 Å². The number of aromatic nitrogens is 1. The van der Waals surface area contributed by atoms with E-state index in [4.69, 9.17) is 9.47 Å². The molecule has 1 aromatic carbocycles. The number of amides is 1. The fraction of sp³-hybridized carbons (Fsp3) is 0.444. The van der Waals surface area contributed by atoms with E-state index in [2.05, 4.69) is 10.3 Å². The second-order valence-corrected chi connectivity index (χ2v) is 6.77. The Morgan fingerprint density at radius 3 is 2.92 bits per heavy atom. The van der Waals surface area contributed by atoms with Crippen LogP contribution in [0, 0.1) is 6.92 Å². The second kappa shape index (κ2) is 9.39. The Hall–Kier alpha value is -1.92. The van der Waals surface area contributed by atoms with E-state index in [1.54, 1.807) is 23.5 Å². The maximum atomic E-state index is 12.2. The van der Waals surface area contributed by atoms with E-state index >= 15 is 0 Å². The summed E-state index contributed by atoms with van der Waals surface area (Å²) in [5.41, 5.74) is 1.49. The number of nitrogens with zero attached hydrogens (tertiary/aromatic N) is 1. The van der Waals surface area contributed by atoms with Gasteiger partial charge in [-0.25, -0.2) is 4.98 Å². The molecule has 0 bridgehead atoms. The first-order valence-corrected chi connectivity index (χ1v) is 8.96. The van der Waals surface area contributed by atoms with Crippen molar-refractivity contribution in [3.8, 4) is 5.75 Å². The lowest BCUT2D eigenvalue weighted by atomic mass is 10.2. The molecule has 1 aromatic heterocycles. The van der Waals surface area contributed by atoms with Gasteiger partial charge in [-0.15, -0.1) is 11.3 Å². The summed E-state index contributed by atoms with van der Waals surface area (Å²) in [6, 6.07) is 7.18. The minimum Gasteiger partial charge on any atom is -0.487 e. The highest BCUT2D eigenvalue weighted by atomic mass is 32.1. The molecule has 2 rings (SSSR count). The standard InChI is InChI=1S/C18H24N2O3S/c1-13(2)22-9-5-8-19-18(21)15-6-4-7-17(10-15)23-11-16-12-24-14(3)20-16/h4,6-7,10,12-13H,5,8-9,11H2,1-3H3,(H,19,21). The maximum Gasteiger partial charge on any atom is 0.251 e. The Labute approximate surface area is 147 Å². The minimum atomic E-state index is -0.102. The molecule has 1 N–H and O–H groups in total. The van der Waals surface area contributed by atoms with Gasteiger partial charge in [0.25, 0.3) is 5.91 Å². The number of carbonyl (C=O) groups excluding carboxylic acids is 1. The predicted octanol–water partition coefficient (Wildman–Crippen LogP) is 3.58. The molecule has 6 heteroatoms. The number of hydrogen-bond acceptors (Lipinski definition) is 5. The Morgan fingerprint density at radius 2 is 2.21 bits per heavy atom. The molecule has 0 unspecified atom stereocenters. The molecule has 0 fully saturated rings. The number of benzene rings is 1. The van der Waals surface area contributed by atoms with Gasteiger partial charge < -0.3 is 14.8 Å². The van der Waals surface area contributed by atoms with Crippen molar-refractivity contribution in [2.75, 3.05) is 13.2 Å². The Bertz CT molecular complexity index is 655. The van der Waals surface area contributed by atoms with Gasteiger partial charge in [0.05, 0.1) is 16.8 Å². The molecular formula is C18H24N2O3S. The van der Waals surface area contributed by atoms with Crippen molar-refractivity contribution in [3.05, 3.63) is 45.9 Å². The van der Waals surface area contributed by atoms with Crippen LogP contribution in [0.5, 0.6) is 5.75 Å². The van der Waals surface area contributed by atoms with Crippen LogP contribution in [0.15, 0.2) is 29.6 Å². The molecule has 0 aliphatic heterocycles. The average molecular weight is 348 g/mol. The van der Waals surface area contributed by atoms with Crippen LogP contribution in [0.25, 0.3) is 0 Å². The fourth-order valence-electron chi connectivity index (χ4n) is 2.05. The summed E-state index contributed by atoms with van der Waals surface area (Å²) in [7, 11) is 0. The molecule has 1 heterocycles. The van der Waals surface area contributed by atoms with E-state index in [1.807, 2.05) is 38.3 Å². The van der Waals surface area contributed by atoms with Crippen LogP contribution in [-0.2, 0) is 11.3 Å². The lowest BCUT2D eigenvalue weighted by Crippen LogP contribution is -2.25. The second-order valence-electron chi connectivity index (χ2n) is 5.70. The molecule has 0 aliphatic rings. The van der Waals surface area contributed by atoms with E-state index in [0.717, 1.165) is 17.1 Å². The van der Waals surface area contributed by atoms with Crippen molar-refractivity contribution in [3.63, 3.8) is 0 Å². The monoisotopic (exact) mass is 348 g/mol. The molecule has 0 radical (unpaired) electrons. The quantitative estimate of drug-likeness (QED) is 0.704. The molecule has 1 amide bonds. The smallest absolute Gasteiger partial charge is 0.251 e. The zero-order valence-electron chi connectivity index (χ0n) is 14.4. The van der Waals surface area contributed by atoms with Crippen molar-refractivity contribution in [1.82, 2.24) is 10.3 Å². The summed E-state index contributed by atoms with van der Waals surface area (Å²) >= 11 is 1.60. The van der Waals surface area contributed by atoms with Gasteiger partial charge in [-0.1, -0.05) is 6.07 Å². The molecule has 24 heavy (non-hydrogen) atoms. The van der Waals surface area contributed by atoms with Crippen LogP contribution >= 0.6 is 11.3 Å². The average Bonchev–Trinajstić information content (AvgIpc) is 2.98. The van der Waals surface area contributed by atoms with Crippen LogP contribution in [0.3, 0.4) is 0 Å². The van der Waals surface area contributed by atoms with Crippen molar-refractivity contribution >= 4 is 17.2 Å². The van der Waals surface area contributed by atoms with E-state index in [1.165, 1.54) is 0 Å². The molecule has 5 nitrogen and oxygen atoms in total. The molecule has 0 aliphatic carbocycles. The lowest BCUT2D eigenvalue weighted by molar-refractivity contribution is 0.0757. The number of nitrogens with one attached hydrogen (secondary N) is 1. The molecule has 0 saturated carbocycles. The Balaban J connectivity index is 1.79. The first-order valence-electron chi connectivity index (χ1n) is 8.08. The molecular weight excluding hydrogens is 324 g/mol. The number of carbonyl (C=O) groups is 1. The predicted molar refractivity (Wildman–Crippen MR) is 95.7 cm³/mol. The third-order valence-electron chi connectivity index (χ3n) is 3.21. The third-order valence-corrected chi connectivity index (χ3v) is 4.03. The Kier molecular flexibility index (Phi) is 7.21.